The number of aromatic nitrogens is 4. The SMILES string of the molecule is O=c1cc2c3c(=O)cc4c5c(c(=O)cc(c6c(=O)cc7c(c1c(=O)n1c8cc(SOOO)ccc8nc71)c26)c35)c(=O)n1c2cc(S(=O)(=O)O)ccc2nc41. The van der Waals surface area contributed by atoms with Gasteiger partial charge in [0.15, 0.2) is 21.7 Å². The second-order valence-electron chi connectivity index (χ2n) is 12.8. The maximum absolute atomic E-state index is 14.3. The topological polar surface area (TPSA) is 230 Å². The molecule has 16 nitrogen and oxygen atoms in total. The Morgan fingerprint density at radius 2 is 1.00 bits per heavy atom. The number of pyridine rings is 2. The molecular weight excluding hydrogens is 745 g/mol. The van der Waals surface area contributed by atoms with E-state index >= 15 is 0 Å². The number of hydrogen-bond acceptors (Lipinski definition) is 14. The molecule has 0 radical (unpaired) electrons. The number of nitrogens with zero attached hydrogens (tertiary/aromatic N) is 4. The van der Waals surface area contributed by atoms with Gasteiger partial charge in [-0.1, -0.05) is 5.04 Å². The molecule has 0 aliphatic carbocycles. The minimum absolute atomic E-state index is 0.0166. The Hall–Kier alpha value is -6.54. The maximum Gasteiger partial charge on any atom is 0.294 e. The predicted octanol–water partition coefficient (Wildman–Crippen LogP) is 3.23. The molecule has 18 heteroatoms. The molecule has 11 aromatic rings. The van der Waals surface area contributed by atoms with Gasteiger partial charge in [-0.05, 0) is 71.4 Å². The summed E-state index contributed by atoms with van der Waals surface area (Å²) in [4.78, 5) is 94.2. The van der Waals surface area contributed by atoms with E-state index in [0.29, 0.717) is 22.5 Å². The summed E-state index contributed by atoms with van der Waals surface area (Å²) in [6, 6.07) is 12.6. The van der Waals surface area contributed by atoms with Crippen molar-refractivity contribution >= 4 is 120 Å². The normalized spacial score (nSPS) is 13.1. The summed E-state index contributed by atoms with van der Waals surface area (Å²) in [5.74, 6) is 0. The lowest BCUT2D eigenvalue weighted by Gasteiger charge is -2.16. The van der Waals surface area contributed by atoms with Gasteiger partial charge in [-0.15, -0.1) is 4.33 Å². The molecule has 0 aliphatic heterocycles. The molecule has 4 aromatic heterocycles. The zero-order valence-electron chi connectivity index (χ0n) is 26.4. The Labute approximate surface area is 297 Å². The third kappa shape index (κ3) is 3.62. The van der Waals surface area contributed by atoms with E-state index in [2.05, 4.69) is 19.3 Å². The lowest BCUT2D eigenvalue weighted by Crippen LogP contribution is -2.23. The largest absolute Gasteiger partial charge is 0.294 e. The van der Waals surface area contributed by atoms with Crippen LogP contribution in [0.15, 0.2) is 99.2 Å². The number of rotatable bonds is 4. The zero-order chi connectivity index (χ0) is 37.3. The fourth-order valence-electron chi connectivity index (χ4n) is 8.25. The van der Waals surface area contributed by atoms with E-state index in [9.17, 15) is 41.7 Å². The zero-order valence-corrected chi connectivity index (χ0v) is 28.0. The van der Waals surface area contributed by atoms with Crippen LogP contribution in [0.1, 0.15) is 0 Å². The first-order chi connectivity index (χ1) is 25.9. The number of hydrogen-bond donors (Lipinski definition) is 2. The van der Waals surface area contributed by atoms with Crippen molar-refractivity contribution in [2.24, 2.45) is 0 Å². The van der Waals surface area contributed by atoms with Crippen molar-refractivity contribution in [1.82, 2.24) is 18.8 Å². The minimum atomic E-state index is -4.69. The van der Waals surface area contributed by atoms with Crippen LogP contribution in [0, 0.1) is 0 Å². The highest BCUT2D eigenvalue weighted by atomic mass is 32.2. The van der Waals surface area contributed by atoms with Crippen LogP contribution >= 0.6 is 12.0 Å². The van der Waals surface area contributed by atoms with Gasteiger partial charge in [-0.2, -0.15) is 8.42 Å². The first kappa shape index (κ1) is 31.0. The molecular formula is C36H12N4O12S2. The van der Waals surface area contributed by atoms with Gasteiger partial charge in [0.1, 0.15) is 11.3 Å². The van der Waals surface area contributed by atoms with E-state index in [4.69, 9.17) is 5.26 Å². The molecule has 0 unspecified atom stereocenters. The minimum Gasteiger partial charge on any atom is -0.289 e. The molecule has 260 valence electrons. The van der Waals surface area contributed by atoms with Gasteiger partial charge in [-0.3, -0.25) is 42.1 Å². The van der Waals surface area contributed by atoms with Gasteiger partial charge in [0.05, 0.1) is 49.8 Å². The van der Waals surface area contributed by atoms with Crippen molar-refractivity contribution in [3.05, 3.63) is 122 Å². The molecule has 2 N–H and O–H groups in total. The van der Waals surface area contributed by atoms with E-state index in [1.165, 1.54) is 22.6 Å². The Morgan fingerprint density at radius 1 is 0.556 bits per heavy atom. The number of imidazole rings is 2. The average molecular weight is 757 g/mol. The summed E-state index contributed by atoms with van der Waals surface area (Å²) in [7, 11) is -4.69. The Morgan fingerprint density at radius 3 is 1.50 bits per heavy atom. The summed E-state index contributed by atoms with van der Waals surface area (Å²) in [5, 5.41) is 12.0. The second-order valence-corrected chi connectivity index (χ2v) is 15.0. The number of benzene rings is 7. The third-order valence-corrected chi connectivity index (χ3v) is 11.7. The second kappa shape index (κ2) is 9.90. The van der Waals surface area contributed by atoms with Gasteiger partial charge in [0, 0.05) is 48.0 Å². The molecule has 0 amide bonds. The van der Waals surface area contributed by atoms with Gasteiger partial charge < -0.3 is 0 Å². The van der Waals surface area contributed by atoms with Crippen molar-refractivity contribution in [1.29, 1.82) is 0 Å². The van der Waals surface area contributed by atoms with Gasteiger partial charge in [0.25, 0.3) is 21.2 Å². The maximum atomic E-state index is 14.3. The van der Waals surface area contributed by atoms with Crippen LogP contribution in [0.5, 0.6) is 0 Å². The molecule has 0 aliphatic rings. The van der Waals surface area contributed by atoms with Crippen LogP contribution in [0.3, 0.4) is 0 Å². The number of fused-ring (bicyclic) bond motifs is 10. The van der Waals surface area contributed by atoms with Crippen molar-refractivity contribution in [3.63, 3.8) is 0 Å². The van der Waals surface area contributed by atoms with Crippen molar-refractivity contribution in [3.8, 4) is 0 Å². The Balaban J connectivity index is 1.37. The van der Waals surface area contributed by atoms with Crippen LogP contribution in [0.4, 0.5) is 0 Å². The van der Waals surface area contributed by atoms with Gasteiger partial charge in [-0.25, -0.2) is 15.2 Å². The molecule has 0 saturated carbocycles. The Kier molecular flexibility index (Phi) is 5.69. The molecule has 0 spiro atoms. The lowest BCUT2D eigenvalue weighted by atomic mass is 9.85. The van der Waals surface area contributed by atoms with Crippen molar-refractivity contribution < 1.29 is 27.6 Å². The highest BCUT2D eigenvalue weighted by Gasteiger charge is 2.29. The first-order valence-electron chi connectivity index (χ1n) is 15.7. The summed E-state index contributed by atoms with van der Waals surface area (Å²) < 4.78 is 40.2. The fraction of sp³-hybridized carbons (Fsp3) is 0. The Bertz CT molecular complexity index is 4060. The molecule has 4 heterocycles. The monoisotopic (exact) mass is 756 g/mol. The average Bonchev–Trinajstić information content (AvgIpc) is 3.71. The van der Waals surface area contributed by atoms with E-state index in [1.807, 2.05) is 0 Å². The van der Waals surface area contributed by atoms with Crippen LogP contribution in [-0.2, 0) is 19.5 Å². The van der Waals surface area contributed by atoms with Gasteiger partial charge >= 0.3 is 0 Å². The van der Waals surface area contributed by atoms with Crippen LogP contribution in [-0.4, -0.2) is 37.0 Å². The van der Waals surface area contributed by atoms with Crippen LogP contribution < -0.4 is 32.8 Å². The smallest absolute Gasteiger partial charge is 0.289 e. The van der Waals surface area contributed by atoms with E-state index in [0.717, 1.165) is 34.7 Å². The van der Waals surface area contributed by atoms with E-state index < -0.39 is 47.8 Å². The van der Waals surface area contributed by atoms with E-state index in [1.54, 1.807) is 12.1 Å². The van der Waals surface area contributed by atoms with Crippen molar-refractivity contribution in [2.75, 3.05) is 0 Å². The van der Waals surface area contributed by atoms with Crippen LogP contribution in [0.2, 0.25) is 0 Å². The highest BCUT2D eigenvalue weighted by Crippen LogP contribution is 2.42. The molecule has 0 atom stereocenters. The predicted molar refractivity (Wildman–Crippen MR) is 198 cm³/mol. The fourth-order valence-corrected chi connectivity index (χ4v) is 9.14. The standard InChI is InChI=1S/C36H12N4O12S2/c41-21-9-15-29-27-13(7-23(43)31(29)35(45)39-19-5-11(53-52-51-47)1-3-17(19)37-33(15)39)26-22(42)10-16-30-28(26)14(25(21)27)8-24(44)32(30)36(46)40-20-6-12(54(48,49)50)2-4-18(20)38-34(16)40/h1-10,47H,(H,48,49,50). The van der Waals surface area contributed by atoms with Crippen LogP contribution in [0.25, 0.3) is 98.0 Å². The molecule has 0 bridgehead atoms. The summed E-state index contributed by atoms with van der Waals surface area (Å²) >= 11 is 0.642. The molecule has 0 fully saturated rings. The summed E-state index contributed by atoms with van der Waals surface area (Å²) in [5.41, 5.74) is -3.85. The quantitative estimate of drug-likeness (QED) is 0.0656. The molecule has 7 aromatic carbocycles. The molecule has 11 rings (SSSR count). The summed E-state index contributed by atoms with van der Waals surface area (Å²) in [6.07, 6.45) is 0. The summed E-state index contributed by atoms with van der Waals surface area (Å²) in [6.45, 7) is 0. The van der Waals surface area contributed by atoms with Gasteiger partial charge in [0.2, 0.25) is 0 Å². The molecule has 0 saturated heterocycles. The lowest BCUT2D eigenvalue weighted by molar-refractivity contribution is -0.432. The van der Waals surface area contributed by atoms with E-state index in [-0.39, 0.29) is 92.5 Å². The highest BCUT2D eigenvalue weighted by molar-refractivity contribution is 7.94. The first-order valence-corrected chi connectivity index (χ1v) is 17.9. The van der Waals surface area contributed by atoms with Crippen molar-refractivity contribution in [2.45, 2.75) is 9.79 Å². The molecule has 54 heavy (non-hydrogen) atoms. The third-order valence-electron chi connectivity index (χ3n) is 10.2.